The molecule has 0 unspecified atom stereocenters. The third-order valence-electron chi connectivity index (χ3n) is 5.65. The average Bonchev–Trinajstić information content (AvgIpc) is 3.37. The molecule has 0 aliphatic carbocycles. The first-order valence-corrected chi connectivity index (χ1v) is 10.0. The summed E-state index contributed by atoms with van der Waals surface area (Å²) in [7, 11) is 3.48. The normalized spacial score (nSPS) is 16.0. The van der Waals surface area contributed by atoms with Gasteiger partial charge in [0, 0.05) is 30.7 Å². The van der Waals surface area contributed by atoms with E-state index in [1.165, 1.54) is 0 Å². The minimum atomic E-state index is -0.304. The molecular weight excluding hydrogens is 402 g/mol. The first-order valence-electron chi connectivity index (χ1n) is 9.66. The van der Waals surface area contributed by atoms with Crippen molar-refractivity contribution in [1.82, 2.24) is 24.4 Å². The second kappa shape index (κ2) is 7.18. The molecule has 30 heavy (non-hydrogen) atoms. The molecule has 2 aromatic heterocycles. The molecule has 1 aliphatic heterocycles. The second-order valence-corrected chi connectivity index (χ2v) is 7.75. The molecule has 4 aromatic rings. The number of aryl methyl sites for hydroxylation is 1. The van der Waals surface area contributed by atoms with Crippen LogP contribution in [0, 0.1) is 0 Å². The Morgan fingerprint density at radius 2 is 2.03 bits per heavy atom. The van der Waals surface area contributed by atoms with Crippen LogP contribution in [0.4, 0.5) is 0 Å². The smallest absolute Gasteiger partial charge is 0.290 e. The molecule has 0 fully saturated rings. The maximum atomic E-state index is 13.7. The summed E-state index contributed by atoms with van der Waals surface area (Å²) in [6, 6.07) is 12.9. The second-order valence-electron chi connectivity index (χ2n) is 7.32. The summed E-state index contributed by atoms with van der Waals surface area (Å²) in [5.74, 6) is 1.01. The molecule has 0 radical (unpaired) electrons. The number of carbonyl (C=O) groups is 1. The van der Waals surface area contributed by atoms with Crippen molar-refractivity contribution < 1.29 is 9.53 Å². The zero-order valence-electron chi connectivity index (χ0n) is 16.6. The SMILES string of the molecule is COc1ccc([C@@H]2c3nc[nH]c3CCN2C(=O)c2nc3cc(Cl)ccc3n2C)cc1. The summed E-state index contributed by atoms with van der Waals surface area (Å²) >= 11 is 6.11. The number of hydrogen-bond acceptors (Lipinski definition) is 4. The zero-order chi connectivity index (χ0) is 20.8. The van der Waals surface area contributed by atoms with Gasteiger partial charge in [0.2, 0.25) is 0 Å². The number of rotatable bonds is 3. The van der Waals surface area contributed by atoms with E-state index < -0.39 is 0 Å². The lowest BCUT2D eigenvalue weighted by molar-refractivity contribution is 0.0675. The van der Waals surface area contributed by atoms with Crippen LogP contribution in [0.2, 0.25) is 5.02 Å². The van der Waals surface area contributed by atoms with Crippen molar-refractivity contribution in [3.05, 3.63) is 76.6 Å². The van der Waals surface area contributed by atoms with E-state index in [4.69, 9.17) is 16.3 Å². The monoisotopic (exact) mass is 421 g/mol. The number of nitrogens with one attached hydrogen (secondary N) is 1. The van der Waals surface area contributed by atoms with Crippen LogP contribution < -0.4 is 4.74 Å². The highest BCUT2D eigenvalue weighted by molar-refractivity contribution is 6.31. The molecule has 8 heteroatoms. The van der Waals surface area contributed by atoms with Crippen molar-refractivity contribution in [3.63, 3.8) is 0 Å². The van der Waals surface area contributed by atoms with Gasteiger partial charge in [-0.1, -0.05) is 23.7 Å². The maximum absolute atomic E-state index is 13.7. The fraction of sp³-hybridized carbons (Fsp3) is 0.227. The Morgan fingerprint density at radius 3 is 2.80 bits per heavy atom. The number of methoxy groups -OCH3 is 1. The average molecular weight is 422 g/mol. The van der Waals surface area contributed by atoms with E-state index in [0.29, 0.717) is 29.3 Å². The first-order chi connectivity index (χ1) is 14.6. The topological polar surface area (TPSA) is 76.0 Å². The summed E-state index contributed by atoms with van der Waals surface area (Å²) in [6.45, 7) is 0.564. The molecule has 0 bridgehead atoms. The first kappa shape index (κ1) is 18.7. The van der Waals surface area contributed by atoms with E-state index in [1.807, 2.05) is 46.8 Å². The van der Waals surface area contributed by atoms with Gasteiger partial charge in [0.1, 0.15) is 11.8 Å². The summed E-state index contributed by atoms with van der Waals surface area (Å²) in [6.07, 6.45) is 2.40. The van der Waals surface area contributed by atoms with Crippen molar-refractivity contribution in [2.75, 3.05) is 13.7 Å². The lowest BCUT2D eigenvalue weighted by Crippen LogP contribution is -2.41. The standard InChI is InChI=1S/C22H20ClN5O2/c1-27-18-8-5-14(23)11-17(18)26-21(27)22(29)28-10-9-16-19(25-12-24-16)20(28)13-3-6-15(30-2)7-4-13/h3-8,11-12,20H,9-10H2,1-2H3,(H,24,25)/t20-/m1/s1. The van der Waals surface area contributed by atoms with Crippen LogP contribution in [0.3, 0.4) is 0 Å². The number of aromatic nitrogens is 4. The number of imidazole rings is 2. The highest BCUT2D eigenvalue weighted by Crippen LogP contribution is 2.35. The molecule has 0 spiro atoms. The van der Waals surface area contributed by atoms with Crippen LogP contribution in [-0.4, -0.2) is 44.0 Å². The van der Waals surface area contributed by atoms with Crippen LogP contribution >= 0.6 is 11.6 Å². The lowest BCUT2D eigenvalue weighted by atomic mass is 9.95. The number of carbonyl (C=O) groups excluding carboxylic acids is 1. The van der Waals surface area contributed by atoms with E-state index in [9.17, 15) is 4.79 Å². The summed E-state index contributed by atoms with van der Waals surface area (Å²) < 4.78 is 7.11. The Kier molecular flexibility index (Phi) is 4.47. The fourth-order valence-electron chi connectivity index (χ4n) is 4.11. The van der Waals surface area contributed by atoms with Gasteiger partial charge < -0.3 is 19.2 Å². The Labute approximate surface area is 178 Å². The summed E-state index contributed by atoms with van der Waals surface area (Å²) in [5, 5.41) is 0.592. The van der Waals surface area contributed by atoms with Crippen LogP contribution in [-0.2, 0) is 13.5 Å². The predicted octanol–water partition coefficient (Wildman–Crippen LogP) is 3.75. The number of hydrogen-bond donors (Lipinski definition) is 1. The maximum Gasteiger partial charge on any atom is 0.290 e. The molecule has 152 valence electrons. The number of fused-ring (bicyclic) bond motifs is 2. The van der Waals surface area contributed by atoms with Crippen molar-refractivity contribution in [1.29, 1.82) is 0 Å². The molecule has 3 heterocycles. The summed E-state index contributed by atoms with van der Waals surface area (Å²) in [5.41, 5.74) is 4.45. The van der Waals surface area contributed by atoms with Crippen molar-refractivity contribution in [3.8, 4) is 5.75 Å². The molecule has 0 saturated heterocycles. The van der Waals surface area contributed by atoms with Crippen LogP contribution in [0.1, 0.15) is 33.6 Å². The lowest BCUT2D eigenvalue weighted by Gasteiger charge is -2.35. The molecule has 0 saturated carbocycles. The number of nitrogens with zero attached hydrogens (tertiary/aromatic N) is 4. The van der Waals surface area contributed by atoms with E-state index in [1.54, 1.807) is 25.6 Å². The quantitative estimate of drug-likeness (QED) is 0.546. The molecule has 2 aromatic carbocycles. The van der Waals surface area contributed by atoms with E-state index >= 15 is 0 Å². The Hall–Kier alpha value is -3.32. The molecule has 1 atom stereocenters. The van der Waals surface area contributed by atoms with Gasteiger partial charge in [-0.2, -0.15) is 0 Å². The van der Waals surface area contributed by atoms with Gasteiger partial charge in [-0.25, -0.2) is 9.97 Å². The Bertz CT molecular complexity index is 1240. The van der Waals surface area contributed by atoms with Crippen molar-refractivity contribution in [2.24, 2.45) is 7.05 Å². The number of ether oxygens (including phenoxy) is 1. The number of aromatic amines is 1. The zero-order valence-corrected chi connectivity index (χ0v) is 17.3. The molecule has 5 rings (SSSR count). The minimum Gasteiger partial charge on any atom is -0.497 e. The third kappa shape index (κ3) is 2.93. The third-order valence-corrected chi connectivity index (χ3v) is 5.89. The molecule has 1 N–H and O–H groups in total. The molecule has 1 amide bonds. The highest BCUT2D eigenvalue weighted by Gasteiger charge is 2.36. The van der Waals surface area contributed by atoms with Crippen LogP contribution in [0.15, 0.2) is 48.8 Å². The van der Waals surface area contributed by atoms with E-state index in [0.717, 1.165) is 28.2 Å². The molecule has 7 nitrogen and oxygen atoms in total. The van der Waals surface area contributed by atoms with E-state index in [2.05, 4.69) is 15.0 Å². The molecular formula is C22H20ClN5O2. The Balaban J connectivity index is 1.59. The fourth-order valence-corrected chi connectivity index (χ4v) is 4.28. The van der Waals surface area contributed by atoms with Gasteiger partial charge in [-0.15, -0.1) is 0 Å². The van der Waals surface area contributed by atoms with Gasteiger partial charge in [0.05, 0.1) is 30.2 Å². The number of halogens is 1. The largest absolute Gasteiger partial charge is 0.497 e. The van der Waals surface area contributed by atoms with Gasteiger partial charge in [0.25, 0.3) is 5.91 Å². The predicted molar refractivity (Wildman–Crippen MR) is 114 cm³/mol. The van der Waals surface area contributed by atoms with E-state index in [-0.39, 0.29) is 11.9 Å². The highest BCUT2D eigenvalue weighted by atomic mass is 35.5. The number of amides is 1. The van der Waals surface area contributed by atoms with Crippen molar-refractivity contribution >= 4 is 28.5 Å². The van der Waals surface area contributed by atoms with Crippen molar-refractivity contribution in [2.45, 2.75) is 12.5 Å². The van der Waals surface area contributed by atoms with Gasteiger partial charge in [-0.3, -0.25) is 4.79 Å². The van der Waals surface area contributed by atoms with Gasteiger partial charge in [0.15, 0.2) is 5.82 Å². The summed E-state index contributed by atoms with van der Waals surface area (Å²) in [4.78, 5) is 27.8. The van der Waals surface area contributed by atoms with Crippen LogP contribution in [0.5, 0.6) is 5.75 Å². The van der Waals surface area contributed by atoms with Gasteiger partial charge >= 0.3 is 0 Å². The minimum absolute atomic E-state index is 0.140. The van der Waals surface area contributed by atoms with Gasteiger partial charge in [-0.05, 0) is 35.9 Å². The number of benzene rings is 2. The molecule has 1 aliphatic rings. The Morgan fingerprint density at radius 1 is 1.23 bits per heavy atom. The number of H-pyrrole nitrogens is 1. The van der Waals surface area contributed by atoms with Crippen LogP contribution in [0.25, 0.3) is 11.0 Å².